The van der Waals surface area contributed by atoms with E-state index in [0.717, 1.165) is 5.56 Å². The van der Waals surface area contributed by atoms with E-state index in [4.69, 9.17) is 0 Å². The van der Waals surface area contributed by atoms with Gasteiger partial charge < -0.3 is 10.2 Å². The second kappa shape index (κ2) is 7.31. The van der Waals surface area contributed by atoms with Crippen LogP contribution in [0.3, 0.4) is 0 Å². The van der Waals surface area contributed by atoms with Crippen molar-refractivity contribution in [1.29, 1.82) is 0 Å². The molecule has 0 aliphatic rings. The van der Waals surface area contributed by atoms with E-state index in [1.807, 2.05) is 0 Å². The van der Waals surface area contributed by atoms with Crippen molar-refractivity contribution in [3.63, 3.8) is 0 Å². The smallest absolute Gasteiger partial charge is 0.244 e. The normalized spacial score (nSPS) is 10.1. The largest absolute Gasteiger partial charge is 0.329 e. The molecule has 0 saturated carbocycles. The third-order valence-corrected chi connectivity index (χ3v) is 3.05. The van der Waals surface area contributed by atoms with Gasteiger partial charge in [-0.2, -0.15) is 0 Å². The number of para-hydroxylation sites is 1. The highest BCUT2D eigenvalue weighted by Gasteiger charge is 2.15. The molecule has 1 aromatic carbocycles. The van der Waals surface area contributed by atoms with Gasteiger partial charge in [0.1, 0.15) is 12.4 Å². The van der Waals surface area contributed by atoms with Crippen molar-refractivity contribution in [3.05, 3.63) is 60.2 Å². The average molecular weight is 301 g/mol. The van der Waals surface area contributed by atoms with Gasteiger partial charge in [-0.15, -0.1) is 0 Å². The van der Waals surface area contributed by atoms with E-state index < -0.39 is 11.7 Å². The molecule has 2 amide bonds. The van der Waals surface area contributed by atoms with Crippen molar-refractivity contribution in [3.8, 4) is 0 Å². The maximum atomic E-state index is 13.5. The molecule has 0 radical (unpaired) electrons. The maximum Gasteiger partial charge on any atom is 0.244 e. The number of benzene rings is 1. The zero-order valence-electron chi connectivity index (χ0n) is 12.1. The number of hydrogen-bond acceptors (Lipinski definition) is 3. The highest BCUT2D eigenvalue weighted by Crippen LogP contribution is 2.12. The summed E-state index contributed by atoms with van der Waals surface area (Å²) in [4.78, 5) is 28.9. The molecule has 1 aromatic heterocycles. The molecular formula is C16H16FN3O2. The average Bonchev–Trinajstić information content (AvgIpc) is 2.50. The fraction of sp³-hybridized carbons (Fsp3) is 0.188. The summed E-state index contributed by atoms with van der Waals surface area (Å²) in [5.41, 5.74) is 0.962. The molecule has 0 saturated heterocycles. The second-order valence-electron chi connectivity index (χ2n) is 4.76. The maximum absolute atomic E-state index is 13.5. The Morgan fingerprint density at radius 2 is 1.86 bits per heavy atom. The zero-order chi connectivity index (χ0) is 15.9. The number of amides is 2. The van der Waals surface area contributed by atoms with Gasteiger partial charge in [0.05, 0.1) is 5.69 Å². The lowest BCUT2D eigenvalue weighted by atomic mass is 10.2. The number of rotatable bonds is 5. The Hall–Kier alpha value is -2.76. The van der Waals surface area contributed by atoms with E-state index in [-0.39, 0.29) is 18.1 Å². The number of carbonyl (C=O) groups excluding carboxylic acids is 2. The summed E-state index contributed by atoms with van der Waals surface area (Å²) in [7, 11) is 0. The minimum atomic E-state index is -0.514. The van der Waals surface area contributed by atoms with Gasteiger partial charge >= 0.3 is 0 Å². The van der Waals surface area contributed by atoms with Gasteiger partial charge in [0.25, 0.3) is 0 Å². The molecule has 0 spiro atoms. The molecule has 22 heavy (non-hydrogen) atoms. The number of anilines is 1. The molecule has 0 bridgehead atoms. The van der Waals surface area contributed by atoms with E-state index in [1.54, 1.807) is 30.6 Å². The molecule has 6 heteroatoms. The number of nitrogens with one attached hydrogen (secondary N) is 1. The van der Waals surface area contributed by atoms with Gasteiger partial charge in [0.2, 0.25) is 11.8 Å². The third-order valence-electron chi connectivity index (χ3n) is 3.05. The van der Waals surface area contributed by atoms with Crippen LogP contribution in [-0.2, 0) is 16.1 Å². The summed E-state index contributed by atoms with van der Waals surface area (Å²) in [5.74, 6) is -1.20. The summed E-state index contributed by atoms with van der Waals surface area (Å²) in [5, 5.41) is 2.46. The predicted octanol–water partition coefficient (Wildman–Crippen LogP) is 2.21. The number of nitrogens with zero attached hydrogens (tertiary/aromatic N) is 2. The number of halogens is 1. The fourth-order valence-electron chi connectivity index (χ4n) is 1.91. The first-order chi connectivity index (χ1) is 10.6. The first-order valence-corrected chi connectivity index (χ1v) is 6.75. The molecule has 1 N–H and O–H groups in total. The van der Waals surface area contributed by atoms with Crippen LogP contribution in [-0.4, -0.2) is 28.2 Å². The molecule has 0 atom stereocenters. The Morgan fingerprint density at radius 1 is 1.18 bits per heavy atom. The molecule has 114 valence electrons. The summed E-state index contributed by atoms with van der Waals surface area (Å²) in [6.07, 6.45) is 3.24. The van der Waals surface area contributed by atoms with Crippen molar-refractivity contribution in [2.24, 2.45) is 0 Å². The van der Waals surface area contributed by atoms with Gasteiger partial charge in [-0.3, -0.25) is 14.6 Å². The first-order valence-electron chi connectivity index (χ1n) is 6.75. The van der Waals surface area contributed by atoms with Crippen LogP contribution in [0.15, 0.2) is 48.8 Å². The lowest BCUT2D eigenvalue weighted by molar-refractivity contribution is -0.133. The van der Waals surface area contributed by atoms with Gasteiger partial charge in [0.15, 0.2) is 0 Å². The van der Waals surface area contributed by atoms with Crippen molar-refractivity contribution in [2.45, 2.75) is 13.5 Å². The van der Waals surface area contributed by atoms with Crippen LogP contribution in [0.25, 0.3) is 0 Å². The van der Waals surface area contributed by atoms with Crippen molar-refractivity contribution >= 4 is 17.5 Å². The van der Waals surface area contributed by atoms with Crippen molar-refractivity contribution < 1.29 is 14.0 Å². The van der Waals surface area contributed by atoms with E-state index in [2.05, 4.69) is 10.3 Å². The van der Waals surface area contributed by atoms with Crippen molar-refractivity contribution in [2.75, 3.05) is 11.9 Å². The molecule has 0 unspecified atom stereocenters. The Bertz CT molecular complexity index is 661. The summed E-state index contributed by atoms with van der Waals surface area (Å²) >= 11 is 0. The van der Waals surface area contributed by atoms with Crippen LogP contribution in [0.5, 0.6) is 0 Å². The molecular weight excluding hydrogens is 285 g/mol. The van der Waals surface area contributed by atoms with Crippen LogP contribution in [0, 0.1) is 5.82 Å². The summed E-state index contributed by atoms with van der Waals surface area (Å²) in [6, 6.07) is 9.42. The zero-order valence-corrected chi connectivity index (χ0v) is 12.1. The van der Waals surface area contributed by atoms with E-state index in [1.165, 1.54) is 30.0 Å². The Morgan fingerprint density at radius 3 is 2.50 bits per heavy atom. The molecule has 2 aromatic rings. The lowest BCUT2D eigenvalue weighted by Gasteiger charge is -2.20. The summed E-state index contributed by atoms with van der Waals surface area (Å²) in [6.45, 7) is 1.53. The van der Waals surface area contributed by atoms with Gasteiger partial charge in [-0.1, -0.05) is 12.1 Å². The molecule has 0 aliphatic heterocycles. The van der Waals surface area contributed by atoms with Crippen LogP contribution in [0.4, 0.5) is 10.1 Å². The van der Waals surface area contributed by atoms with E-state index in [0.29, 0.717) is 6.54 Å². The van der Waals surface area contributed by atoms with Crippen LogP contribution >= 0.6 is 0 Å². The van der Waals surface area contributed by atoms with Gasteiger partial charge in [-0.05, 0) is 29.8 Å². The standard InChI is InChI=1S/C16H16FN3O2/c1-12(21)20(10-13-6-8-18-9-7-13)11-16(22)19-15-5-3-2-4-14(15)17/h2-9H,10-11H2,1H3,(H,19,22). The highest BCUT2D eigenvalue weighted by molar-refractivity contribution is 5.94. The fourth-order valence-corrected chi connectivity index (χ4v) is 1.91. The first kappa shape index (κ1) is 15.6. The number of aromatic nitrogens is 1. The summed E-state index contributed by atoms with van der Waals surface area (Å²) < 4.78 is 13.5. The number of carbonyl (C=O) groups is 2. The Kier molecular flexibility index (Phi) is 5.19. The predicted molar refractivity (Wildman–Crippen MR) is 80.4 cm³/mol. The third kappa shape index (κ3) is 4.37. The quantitative estimate of drug-likeness (QED) is 0.921. The van der Waals surface area contributed by atoms with Crippen LogP contribution in [0.1, 0.15) is 12.5 Å². The van der Waals surface area contributed by atoms with Gasteiger partial charge in [0, 0.05) is 25.9 Å². The van der Waals surface area contributed by atoms with Gasteiger partial charge in [-0.25, -0.2) is 4.39 Å². The van der Waals surface area contributed by atoms with E-state index >= 15 is 0 Å². The molecule has 0 fully saturated rings. The minimum Gasteiger partial charge on any atom is -0.329 e. The van der Waals surface area contributed by atoms with Crippen LogP contribution < -0.4 is 5.32 Å². The SMILES string of the molecule is CC(=O)N(CC(=O)Nc1ccccc1F)Cc1ccncc1. The number of pyridine rings is 1. The Labute approximate surface area is 127 Å². The molecule has 0 aliphatic carbocycles. The Balaban J connectivity index is 2.00. The van der Waals surface area contributed by atoms with Crippen LogP contribution in [0.2, 0.25) is 0 Å². The molecule has 2 rings (SSSR count). The lowest BCUT2D eigenvalue weighted by Crippen LogP contribution is -2.36. The topological polar surface area (TPSA) is 62.3 Å². The minimum absolute atomic E-state index is 0.0971. The molecule has 5 nitrogen and oxygen atoms in total. The second-order valence-corrected chi connectivity index (χ2v) is 4.76. The monoisotopic (exact) mass is 301 g/mol. The highest BCUT2D eigenvalue weighted by atomic mass is 19.1. The van der Waals surface area contributed by atoms with Crippen molar-refractivity contribution in [1.82, 2.24) is 9.88 Å². The molecule has 1 heterocycles. The van der Waals surface area contributed by atoms with E-state index in [9.17, 15) is 14.0 Å². The number of hydrogen-bond donors (Lipinski definition) is 1.